The standard InChI is InChI=1S/C25H24BrN3O5/c1-16-7-4-5-10-21(16)28-23(30)15-34-24-20(26)11-17(12-22(24)33-3)14-27-29-25(31)18-8-6-9-19(13-18)32-2/h4-14H,15H2,1-3H3,(H,28,30)(H,29,31)/b27-14+. The Morgan fingerprint density at radius 3 is 2.56 bits per heavy atom. The van der Waals surface area contributed by atoms with E-state index in [9.17, 15) is 9.59 Å². The van der Waals surface area contributed by atoms with Gasteiger partial charge in [-0.1, -0.05) is 24.3 Å². The van der Waals surface area contributed by atoms with Crippen LogP contribution in [-0.2, 0) is 4.79 Å². The number of anilines is 1. The van der Waals surface area contributed by atoms with Crippen molar-refractivity contribution >= 4 is 39.6 Å². The van der Waals surface area contributed by atoms with Crippen molar-refractivity contribution in [3.63, 3.8) is 0 Å². The van der Waals surface area contributed by atoms with Crippen LogP contribution < -0.4 is 25.0 Å². The third kappa shape index (κ3) is 6.58. The lowest BCUT2D eigenvalue weighted by molar-refractivity contribution is -0.118. The van der Waals surface area contributed by atoms with E-state index in [4.69, 9.17) is 14.2 Å². The molecule has 0 unspecified atom stereocenters. The number of amides is 2. The Balaban J connectivity index is 1.64. The minimum atomic E-state index is -0.374. The number of benzene rings is 3. The van der Waals surface area contributed by atoms with Crippen molar-refractivity contribution in [2.24, 2.45) is 5.10 Å². The Morgan fingerprint density at radius 1 is 1.03 bits per heavy atom. The molecule has 0 aliphatic heterocycles. The lowest BCUT2D eigenvalue weighted by Gasteiger charge is -2.14. The SMILES string of the molecule is COc1cccc(C(=O)N/N=C/c2cc(Br)c(OCC(=O)Nc3ccccc3C)c(OC)c2)c1. The van der Waals surface area contributed by atoms with Crippen LogP contribution in [0.25, 0.3) is 0 Å². The summed E-state index contributed by atoms with van der Waals surface area (Å²) in [6.45, 7) is 1.71. The summed E-state index contributed by atoms with van der Waals surface area (Å²) in [5, 5.41) is 6.82. The number of carbonyl (C=O) groups excluding carboxylic acids is 2. The summed E-state index contributed by atoms with van der Waals surface area (Å²) in [6, 6.07) is 17.7. The normalized spacial score (nSPS) is 10.6. The summed E-state index contributed by atoms with van der Waals surface area (Å²) in [7, 11) is 3.03. The highest BCUT2D eigenvalue weighted by Gasteiger charge is 2.14. The highest BCUT2D eigenvalue weighted by atomic mass is 79.9. The fourth-order valence-corrected chi connectivity index (χ4v) is 3.56. The molecular formula is C25H24BrN3O5. The first kappa shape index (κ1) is 24.8. The van der Waals surface area contributed by atoms with Crippen LogP contribution in [0.2, 0.25) is 0 Å². The van der Waals surface area contributed by atoms with Gasteiger partial charge in [-0.2, -0.15) is 5.10 Å². The molecule has 0 aromatic heterocycles. The largest absolute Gasteiger partial charge is 0.497 e. The van der Waals surface area contributed by atoms with Crippen LogP contribution in [-0.4, -0.2) is 38.9 Å². The quantitative estimate of drug-likeness (QED) is 0.315. The van der Waals surface area contributed by atoms with Crippen molar-refractivity contribution in [1.29, 1.82) is 0 Å². The Morgan fingerprint density at radius 2 is 1.82 bits per heavy atom. The zero-order valence-corrected chi connectivity index (χ0v) is 20.5. The summed E-state index contributed by atoms with van der Waals surface area (Å²) in [6.07, 6.45) is 1.47. The number of nitrogens with one attached hydrogen (secondary N) is 2. The average molecular weight is 526 g/mol. The predicted octanol–water partition coefficient (Wildman–Crippen LogP) is 4.56. The zero-order valence-electron chi connectivity index (χ0n) is 18.9. The number of para-hydroxylation sites is 1. The van der Waals surface area contributed by atoms with E-state index in [-0.39, 0.29) is 18.4 Å². The van der Waals surface area contributed by atoms with Crippen molar-refractivity contribution < 1.29 is 23.8 Å². The van der Waals surface area contributed by atoms with E-state index in [1.165, 1.54) is 20.4 Å². The first-order valence-electron chi connectivity index (χ1n) is 10.2. The molecule has 3 aromatic carbocycles. The van der Waals surface area contributed by atoms with Gasteiger partial charge in [0.05, 0.1) is 24.9 Å². The maximum atomic E-state index is 12.3. The molecule has 0 bridgehead atoms. The van der Waals surface area contributed by atoms with E-state index in [2.05, 4.69) is 31.8 Å². The van der Waals surface area contributed by atoms with Crippen molar-refractivity contribution in [3.8, 4) is 17.2 Å². The van der Waals surface area contributed by atoms with Crippen molar-refractivity contribution in [2.75, 3.05) is 26.1 Å². The molecule has 0 saturated heterocycles. The number of ether oxygens (including phenoxy) is 3. The van der Waals surface area contributed by atoms with E-state index >= 15 is 0 Å². The van der Waals surface area contributed by atoms with E-state index in [0.29, 0.717) is 32.8 Å². The van der Waals surface area contributed by atoms with E-state index in [1.54, 1.807) is 36.4 Å². The molecule has 3 rings (SSSR count). The minimum Gasteiger partial charge on any atom is -0.497 e. The number of nitrogens with zero attached hydrogens (tertiary/aromatic N) is 1. The molecular weight excluding hydrogens is 502 g/mol. The van der Waals surface area contributed by atoms with Crippen LogP contribution in [0.1, 0.15) is 21.5 Å². The topological polar surface area (TPSA) is 98.3 Å². The number of aryl methyl sites for hydroxylation is 1. The Labute approximate surface area is 206 Å². The molecule has 34 heavy (non-hydrogen) atoms. The Bertz CT molecular complexity index is 1210. The molecule has 0 heterocycles. The molecule has 0 fully saturated rings. The molecule has 9 heteroatoms. The average Bonchev–Trinajstić information content (AvgIpc) is 2.84. The van der Waals surface area contributed by atoms with Gasteiger partial charge in [-0.25, -0.2) is 5.43 Å². The first-order chi connectivity index (χ1) is 16.4. The predicted molar refractivity (Wildman–Crippen MR) is 134 cm³/mol. The van der Waals surface area contributed by atoms with E-state index < -0.39 is 0 Å². The maximum Gasteiger partial charge on any atom is 0.271 e. The van der Waals surface area contributed by atoms with Crippen molar-refractivity contribution in [1.82, 2.24) is 5.43 Å². The van der Waals surface area contributed by atoms with E-state index in [1.807, 2.05) is 31.2 Å². The molecule has 176 valence electrons. The first-order valence-corrected chi connectivity index (χ1v) is 11.0. The molecule has 0 radical (unpaired) electrons. The van der Waals surface area contributed by atoms with Gasteiger partial charge in [0.1, 0.15) is 5.75 Å². The second-order valence-electron chi connectivity index (χ2n) is 7.12. The number of hydrogen-bond acceptors (Lipinski definition) is 6. The zero-order chi connectivity index (χ0) is 24.5. The van der Waals surface area contributed by atoms with Gasteiger partial charge in [0, 0.05) is 11.3 Å². The van der Waals surface area contributed by atoms with Gasteiger partial charge < -0.3 is 19.5 Å². The van der Waals surface area contributed by atoms with Crippen LogP contribution in [0.3, 0.4) is 0 Å². The maximum absolute atomic E-state index is 12.3. The summed E-state index contributed by atoms with van der Waals surface area (Å²) < 4.78 is 16.8. The Hall–Kier alpha value is -3.85. The lowest BCUT2D eigenvalue weighted by atomic mass is 10.2. The highest BCUT2D eigenvalue weighted by Crippen LogP contribution is 2.36. The number of hydrazone groups is 1. The molecule has 3 aromatic rings. The fourth-order valence-electron chi connectivity index (χ4n) is 2.99. The third-order valence-corrected chi connectivity index (χ3v) is 5.32. The molecule has 8 nitrogen and oxygen atoms in total. The highest BCUT2D eigenvalue weighted by molar-refractivity contribution is 9.10. The third-order valence-electron chi connectivity index (χ3n) is 4.73. The second-order valence-corrected chi connectivity index (χ2v) is 7.97. The van der Waals surface area contributed by atoms with Gasteiger partial charge in [0.15, 0.2) is 18.1 Å². The van der Waals surface area contributed by atoms with Crippen LogP contribution in [0.15, 0.2) is 70.2 Å². The molecule has 0 aliphatic rings. The van der Waals surface area contributed by atoms with Gasteiger partial charge in [0.2, 0.25) is 0 Å². The summed E-state index contributed by atoms with van der Waals surface area (Å²) in [5.74, 6) is 0.682. The van der Waals surface area contributed by atoms with Gasteiger partial charge in [-0.3, -0.25) is 9.59 Å². The van der Waals surface area contributed by atoms with Gasteiger partial charge in [-0.15, -0.1) is 0 Å². The Kier molecular flexibility index (Phi) is 8.64. The lowest BCUT2D eigenvalue weighted by Crippen LogP contribution is -2.21. The molecule has 2 N–H and O–H groups in total. The number of hydrogen-bond donors (Lipinski definition) is 2. The second kappa shape index (κ2) is 11.9. The number of rotatable bonds is 9. The molecule has 0 saturated carbocycles. The smallest absolute Gasteiger partial charge is 0.271 e. The monoisotopic (exact) mass is 525 g/mol. The molecule has 0 atom stereocenters. The van der Waals surface area contributed by atoms with Gasteiger partial charge in [-0.05, 0) is 70.4 Å². The summed E-state index contributed by atoms with van der Waals surface area (Å²) >= 11 is 3.44. The molecule has 0 aliphatic carbocycles. The van der Waals surface area contributed by atoms with Gasteiger partial charge >= 0.3 is 0 Å². The van der Waals surface area contributed by atoms with Crippen LogP contribution >= 0.6 is 15.9 Å². The summed E-state index contributed by atoms with van der Waals surface area (Å²) in [4.78, 5) is 24.6. The van der Waals surface area contributed by atoms with E-state index in [0.717, 1.165) is 11.3 Å². The van der Waals surface area contributed by atoms with Crippen LogP contribution in [0, 0.1) is 6.92 Å². The number of halogens is 1. The van der Waals surface area contributed by atoms with Gasteiger partial charge in [0.25, 0.3) is 11.8 Å². The fraction of sp³-hybridized carbons (Fsp3) is 0.160. The number of methoxy groups -OCH3 is 2. The minimum absolute atomic E-state index is 0.201. The number of carbonyl (C=O) groups is 2. The summed E-state index contributed by atoms with van der Waals surface area (Å²) in [5.41, 5.74) is 5.22. The van der Waals surface area contributed by atoms with Crippen molar-refractivity contribution in [3.05, 3.63) is 81.8 Å². The van der Waals surface area contributed by atoms with Crippen LogP contribution in [0.5, 0.6) is 17.2 Å². The molecule has 0 spiro atoms. The molecule has 2 amide bonds. The van der Waals surface area contributed by atoms with Crippen LogP contribution in [0.4, 0.5) is 5.69 Å². The van der Waals surface area contributed by atoms with Crippen molar-refractivity contribution in [2.45, 2.75) is 6.92 Å².